The van der Waals surface area contributed by atoms with E-state index in [1.807, 2.05) is 0 Å². The molecule has 2 aromatic rings. The van der Waals surface area contributed by atoms with Crippen LogP contribution in [0.4, 0.5) is 17.6 Å². The van der Waals surface area contributed by atoms with Crippen molar-refractivity contribution < 1.29 is 17.6 Å². The SMILES string of the molecule is NC(c1ccc(Br)c(C(F)(F)F)c1)c1ccc(Cl)cc1F. The van der Waals surface area contributed by atoms with E-state index in [0.717, 1.165) is 12.1 Å². The van der Waals surface area contributed by atoms with Gasteiger partial charge in [-0.2, -0.15) is 13.2 Å². The van der Waals surface area contributed by atoms with Crippen molar-refractivity contribution in [2.24, 2.45) is 5.73 Å². The Morgan fingerprint density at radius 2 is 1.76 bits per heavy atom. The predicted molar refractivity (Wildman–Crippen MR) is 76.6 cm³/mol. The monoisotopic (exact) mass is 381 g/mol. The average Bonchev–Trinajstić information content (AvgIpc) is 2.37. The van der Waals surface area contributed by atoms with Crippen molar-refractivity contribution in [3.8, 4) is 0 Å². The van der Waals surface area contributed by atoms with Gasteiger partial charge in [0, 0.05) is 15.1 Å². The Bertz CT molecular complexity index is 673. The Morgan fingerprint density at radius 1 is 1.10 bits per heavy atom. The molecule has 0 aliphatic heterocycles. The van der Waals surface area contributed by atoms with E-state index < -0.39 is 23.6 Å². The van der Waals surface area contributed by atoms with Gasteiger partial charge in [0.1, 0.15) is 5.82 Å². The van der Waals surface area contributed by atoms with Crippen LogP contribution in [0, 0.1) is 5.82 Å². The molecule has 21 heavy (non-hydrogen) atoms. The van der Waals surface area contributed by atoms with Gasteiger partial charge in [0.05, 0.1) is 11.6 Å². The minimum atomic E-state index is -4.52. The van der Waals surface area contributed by atoms with E-state index in [-0.39, 0.29) is 20.6 Å². The minimum absolute atomic E-state index is 0.0786. The van der Waals surface area contributed by atoms with Crippen LogP contribution in [-0.2, 0) is 6.18 Å². The van der Waals surface area contributed by atoms with Crippen molar-refractivity contribution >= 4 is 27.5 Å². The molecule has 1 atom stereocenters. The quantitative estimate of drug-likeness (QED) is 0.700. The Labute approximate surface area is 131 Å². The molecule has 112 valence electrons. The van der Waals surface area contributed by atoms with Crippen molar-refractivity contribution in [2.45, 2.75) is 12.2 Å². The second-order valence-electron chi connectivity index (χ2n) is 4.38. The first-order chi connectivity index (χ1) is 9.70. The number of alkyl halides is 3. The van der Waals surface area contributed by atoms with Gasteiger partial charge in [0.2, 0.25) is 0 Å². The molecular formula is C14H9BrClF4N. The lowest BCUT2D eigenvalue weighted by atomic mass is 9.97. The lowest BCUT2D eigenvalue weighted by molar-refractivity contribution is -0.138. The van der Waals surface area contributed by atoms with Crippen LogP contribution in [-0.4, -0.2) is 0 Å². The molecule has 0 fully saturated rings. The van der Waals surface area contributed by atoms with Crippen molar-refractivity contribution in [2.75, 3.05) is 0 Å². The molecule has 2 aromatic carbocycles. The summed E-state index contributed by atoms with van der Waals surface area (Å²) in [5, 5.41) is 0.190. The number of nitrogens with two attached hydrogens (primary N) is 1. The van der Waals surface area contributed by atoms with Gasteiger partial charge in [0.25, 0.3) is 0 Å². The highest BCUT2D eigenvalue weighted by molar-refractivity contribution is 9.10. The molecule has 0 saturated heterocycles. The average molecular weight is 383 g/mol. The summed E-state index contributed by atoms with van der Waals surface area (Å²) in [4.78, 5) is 0. The third kappa shape index (κ3) is 3.56. The van der Waals surface area contributed by atoms with Crippen molar-refractivity contribution in [1.29, 1.82) is 0 Å². The van der Waals surface area contributed by atoms with Gasteiger partial charge in [-0.1, -0.05) is 39.7 Å². The maximum Gasteiger partial charge on any atom is 0.417 e. The summed E-state index contributed by atoms with van der Waals surface area (Å²) in [7, 11) is 0. The topological polar surface area (TPSA) is 26.0 Å². The molecule has 0 aromatic heterocycles. The third-order valence-corrected chi connectivity index (χ3v) is 3.88. The van der Waals surface area contributed by atoms with Crippen LogP contribution in [0.5, 0.6) is 0 Å². The highest BCUT2D eigenvalue weighted by Gasteiger charge is 2.33. The second kappa shape index (κ2) is 5.94. The Hall–Kier alpha value is -1.11. The van der Waals surface area contributed by atoms with Crippen LogP contribution in [0.1, 0.15) is 22.7 Å². The molecule has 0 aliphatic rings. The third-order valence-electron chi connectivity index (χ3n) is 2.95. The number of halogens is 6. The van der Waals surface area contributed by atoms with Crippen LogP contribution in [0.25, 0.3) is 0 Å². The summed E-state index contributed by atoms with van der Waals surface area (Å²) in [6.07, 6.45) is -4.52. The molecule has 0 saturated carbocycles. The Kier molecular flexibility index (Phi) is 4.60. The molecule has 0 amide bonds. The van der Waals surface area contributed by atoms with E-state index >= 15 is 0 Å². The second-order valence-corrected chi connectivity index (χ2v) is 5.67. The zero-order valence-electron chi connectivity index (χ0n) is 10.4. The van der Waals surface area contributed by atoms with Crippen LogP contribution in [0.2, 0.25) is 5.02 Å². The first kappa shape index (κ1) is 16.3. The standard InChI is InChI=1S/C14H9BrClF4N/c15-11-4-1-7(5-10(11)14(18,19)20)13(21)9-3-2-8(16)6-12(9)17/h1-6,13H,21H2. The zero-order chi connectivity index (χ0) is 15.8. The smallest absolute Gasteiger partial charge is 0.320 e. The van der Waals surface area contributed by atoms with E-state index in [4.69, 9.17) is 17.3 Å². The fourth-order valence-electron chi connectivity index (χ4n) is 1.89. The van der Waals surface area contributed by atoms with Gasteiger partial charge in [0.15, 0.2) is 0 Å². The van der Waals surface area contributed by atoms with Gasteiger partial charge < -0.3 is 5.73 Å². The first-order valence-corrected chi connectivity index (χ1v) is 6.94. The fraction of sp³-hybridized carbons (Fsp3) is 0.143. The predicted octanol–water partition coefficient (Wildman–Crippen LogP) is 5.31. The summed E-state index contributed by atoms with van der Waals surface area (Å²) in [6, 6.07) is 6.41. The molecule has 0 aliphatic carbocycles. The molecule has 1 unspecified atom stereocenters. The number of benzene rings is 2. The lowest BCUT2D eigenvalue weighted by Gasteiger charge is -2.17. The number of hydrogen-bond donors (Lipinski definition) is 1. The van der Waals surface area contributed by atoms with Crippen molar-refractivity contribution in [3.63, 3.8) is 0 Å². The van der Waals surface area contributed by atoms with E-state index in [9.17, 15) is 17.6 Å². The maximum absolute atomic E-state index is 13.8. The summed E-state index contributed by atoms with van der Waals surface area (Å²) in [6.45, 7) is 0. The van der Waals surface area contributed by atoms with E-state index in [1.54, 1.807) is 0 Å². The van der Waals surface area contributed by atoms with Gasteiger partial charge >= 0.3 is 6.18 Å². The molecule has 1 nitrogen and oxygen atoms in total. The number of rotatable bonds is 2. The molecule has 2 N–H and O–H groups in total. The van der Waals surface area contributed by atoms with Gasteiger partial charge in [-0.3, -0.25) is 0 Å². The zero-order valence-corrected chi connectivity index (χ0v) is 12.7. The summed E-state index contributed by atoms with van der Waals surface area (Å²) in [5.41, 5.74) is 5.24. The van der Waals surface area contributed by atoms with Crippen molar-refractivity contribution in [3.05, 3.63) is 68.4 Å². The Morgan fingerprint density at radius 3 is 2.33 bits per heavy atom. The molecule has 0 heterocycles. The van der Waals surface area contributed by atoms with Crippen molar-refractivity contribution in [1.82, 2.24) is 0 Å². The van der Waals surface area contributed by atoms with Crippen LogP contribution < -0.4 is 5.73 Å². The Balaban J connectivity index is 2.46. The highest BCUT2D eigenvalue weighted by atomic mass is 79.9. The molecular weight excluding hydrogens is 374 g/mol. The molecule has 0 spiro atoms. The van der Waals surface area contributed by atoms with Crippen LogP contribution in [0.3, 0.4) is 0 Å². The summed E-state index contributed by atoms with van der Waals surface area (Å²) < 4.78 is 52.3. The molecule has 0 bridgehead atoms. The molecule has 0 radical (unpaired) electrons. The van der Waals surface area contributed by atoms with Crippen LogP contribution >= 0.6 is 27.5 Å². The van der Waals surface area contributed by atoms with Crippen LogP contribution in [0.15, 0.2) is 40.9 Å². The fourth-order valence-corrected chi connectivity index (χ4v) is 2.52. The first-order valence-electron chi connectivity index (χ1n) is 5.77. The molecule has 7 heteroatoms. The largest absolute Gasteiger partial charge is 0.417 e. The molecule has 2 rings (SSSR count). The maximum atomic E-state index is 13.8. The minimum Gasteiger partial charge on any atom is -0.320 e. The number of hydrogen-bond acceptors (Lipinski definition) is 1. The van der Waals surface area contributed by atoms with Gasteiger partial charge in [-0.25, -0.2) is 4.39 Å². The van der Waals surface area contributed by atoms with Gasteiger partial charge in [-0.15, -0.1) is 0 Å². The van der Waals surface area contributed by atoms with Gasteiger partial charge in [-0.05, 0) is 29.8 Å². The highest BCUT2D eigenvalue weighted by Crippen LogP contribution is 2.37. The van der Waals surface area contributed by atoms with E-state index in [1.165, 1.54) is 24.3 Å². The summed E-state index contributed by atoms with van der Waals surface area (Å²) >= 11 is 8.48. The van der Waals surface area contributed by atoms with E-state index in [0.29, 0.717) is 0 Å². The lowest BCUT2D eigenvalue weighted by Crippen LogP contribution is -2.15. The normalized spacial score (nSPS) is 13.3. The summed E-state index contributed by atoms with van der Waals surface area (Å²) in [5.74, 6) is -0.661. The van der Waals surface area contributed by atoms with E-state index in [2.05, 4.69) is 15.9 Å².